The molecular formula is C76H65FN15NaO16. The number of nitrogens with one attached hydrogen (secondary N) is 6. The van der Waals surface area contributed by atoms with Gasteiger partial charge in [0.15, 0.2) is 5.92 Å². The van der Waals surface area contributed by atoms with E-state index >= 15 is 0 Å². The fraction of sp³-hybridized carbons (Fsp3) is 0.118. The number of hydroxylamine groups is 1. The number of nitro benzene ring substituents is 2. The number of nitrogen functional groups attached to an aromatic ring is 1. The molecule has 0 saturated carbocycles. The van der Waals surface area contributed by atoms with Crippen LogP contribution in [-0.2, 0) is 32.1 Å². The molecule has 31 nitrogen and oxygen atoms in total. The van der Waals surface area contributed by atoms with Crippen LogP contribution in [0.2, 0.25) is 0 Å². The number of benzene rings is 8. The number of aromatic amines is 5. The molecule has 548 valence electrons. The van der Waals surface area contributed by atoms with E-state index in [0.717, 1.165) is 74.0 Å². The molecule has 15 rings (SSSR count). The fourth-order valence-corrected chi connectivity index (χ4v) is 11.4. The largest absolute Gasteiger partial charge is 1.00 e. The van der Waals surface area contributed by atoms with Gasteiger partial charge in [-0.05, 0) is 79.6 Å². The molecule has 7 aromatic heterocycles. The first-order valence-electron chi connectivity index (χ1n) is 32.5. The van der Waals surface area contributed by atoms with E-state index in [4.69, 9.17) is 35.5 Å². The number of halogens is 1. The van der Waals surface area contributed by atoms with E-state index in [-0.39, 0.29) is 76.0 Å². The minimum Gasteiger partial charge on any atom is -0.857 e. The van der Waals surface area contributed by atoms with Crippen molar-refractivity contribution in [2.45, 2.75) is 32.9 Å². The number of carbonyl (C=O) groups is 4. The summed E-state index contributed by atoms with van der Waals surface area (Å²) in [5.41, 5.74) is 15.0. The number of hydrogen-bond acceptors (Lipinski definition) is 21. The maximum absolute atomic E-state index is 12.4. The SMILES string of the molecule is CCOC(=O)C(C#N)c1ccccc1[N+](=O)[O-].CCOC(=O)c1c(N)[nH]c2ccccc12.COC(=O)c1ccc(Cn2c3ccccc3c3c(=O)[nH]cnc32)cc1.C[O-].O=C(NO)c1ccc(Cn2c3ccccc3c3c(=O)[nH]cnc32)cc1.O=[N+]([O-])c1ccccc1F.O=c1[nH]cnc2[nH]c3ccccc3c12.[Na+]. The second kappa shape index (κ2) is 38.3. The molecule has 109 heavy (non-hydrogen) atoms. The molecule has 33 heteroatoms. The molecule has 0 fully saturated rings. The van der Waals surface area contributed by atoms with Gasteiger partial charge in [-0.25, -0.2) is 30.0 Å². The van der Waals surface area contributed by atoms with Crippen molar-refractivity contribution in [2.75, 3.05) is 33.2 Å². The van der Waals surface area contributed by atoms with Crippen molar-refractivity contribution in [2.24, 2.45) is 0 Å². The summed E-state index contributed by atoms with van der Waals surface area (Å²) >= 11 is 0. The van der Waals surface area contributed by atoms with Gasteiger partial charge in [-0.15, -0.1) is 0 Å². The number of rotatable bonds is 13. The number of amides is 1. The molecule has 1 amide bonds. The van der Waals surface area contributed by atoms with Gasteiger partial charge >= 0.3 is 53.2 Å². The smallest absolute Gasteiger partial charge is 0.857 e. The van der Waals surface area contributed by atoms with E-state index in [0.29, 0.717) is 75.3 Å². The van der Waals surface area contributed by atoms with Gasteiger partial charge in [0.1, 0.15) is 28.3 Å². The molecule has 0 spiro atoms. The number of nitro groups is 2. The Balaban J connectivity index is 0.000000168. The molecular weight excluding hydrogens is 1420 g/mol. The summed E-state index contributed by atoms with van der Waals surface area (Å²) in [6.07, 6.45) is 4.22. The standard InChI is InChI=1S/C19H15N3O3.C18H14N4O3.C11H10N2O4.C11H12N2O2.C10H7N3O.C6H4FNO2.CH3O.Na/c1-25-19(24)13-8-6-12(7-9-13)10-22-15-5-3-2-4-14(15)16-17(22)20-11-21-18(16)23;23-17(21-25)12-7-5-11(6-8-12)9-22-14-4-2-1-3-13(14)15-16(22)19-10-20-18(15)24;1-2-17-11(14)9(7-12)8-5-3-4-6-10(8)13(15)16;1-2-15-11(14)9-7-5-3-4-6-8(7)13-10(9)12;14-10-8-6-3-1-2-4-7(6)13-9(8)11-5-12-10;7-5-3-1-2-4-6(5)8(9)10;1-2;/h2-9,11H,10H2,1H3,(H,20,21,23);1-8,10,25H,9H2,(H,21,23)(H,19,20,24);3-6,9H,2H2,1H3;3-6,13H,2,12H2,1H3;1-5H,(H2,11,12,13,14);1-4H;1H3;/q;;;;;;-1;+1. The molecule has 0 aliphatic heterocycles. The van der Waals surface area contributed by atoms with Gasteiger partial charge in [0.05, 0.1) is 93.5 Å². The third-order valence-corrected chi connectivity index (χ3v) is 16.1. The number of nitrogens with zero attached hydrogens (tertiary/aromatic N) is 8. The topological polar surface area (TPSA) is 466 Å². The Hall–Kier alpha value is -13.8. The number of H-pyrrole nitrogens is 5. The summed E-state index contributed by atoms with van der Waals surface area (Å²) < 4.78 is 30.7. The first-order chi connectivity index (χ1) is 52.3. The number of nitriles is 1. The minimum absolute atomic E-state index is 0. The Kier molecular flexibility index (Phi) is 28.4. The molecule has 1 unspecified atom stereocenters. The number of esters is 3. The number of hydrogen-bond donors (Lipinski definition) is 8. The molecule has 0 radical (unpaired) electrons. The monoisotopic (exact) mass is 1490 g/mol. The fourth-order valence-electron chi connectivity index (χ4n) is 11.4. The van der Waals surface area contributed by atoms with Crippen LogP contribution in [0.1, 0.15) is 67.5 Å². The molecule has 9 N–H and O–H groups in total. The number of ether oxygens (including phenoxy) is 3. The maximum Gasteiger partial charge on any atom is 1.00 e. The van der Waals surface area contributed by atoms with E-state index in [2.05, 4.69) is 39.9 Å². The van der Waals surface area contributed by atoms with Gasteiger partial charge in [-0.3, -0.25) is 49.4 Å². The summed E-state index contributed by atoms with van der Waals surface area (Å²) in [7, 11) is 2.11. The zero-order valence-corrected chi connectivity index (χ0v) is 60.7. The Morgan fingerprint density at radius 3 is 1.50 bits per heavy atom. The van der Waals surface area contributed by atoms with Crippen molar-refractivity contribution in [3.8, 4) is 6.07 Å². The molecule has 0 bridgehead atoms. The van der Waals surface area contributed by atoms with Gasteiger partial charge < -0.3 is 59.1 Å². The van der Waals surface area contributed by atoms with Crippen molar-refractivity contribution in [3.63, 3.8) is 0 Å². The summed E-state index contributed by atoms with van der Waals surface area (Å²) in [4.78, 5) is 128. The predicted molar refractivity (Wildman–Crippen MR) is 397 cm³/mol. The molecule has 1 atom stereocenters. The summed E-state index contributed by atoms with van der Waals surface area (Å²) in [6, 6.07) is 56.9. The van der Waals surface area contributed by atoms with Crippen LogP contribution in [0.5, 0.6) is 0 Å². The first-order valence-corrected chi connectivity index (χ1v) is 32.5. The zero-order chi connectivity index (χ0) is 77.6. The van der Waals surface area contributed by atoms with Crippen LogP contribution >= 0.6 is 0 Å². The van der Waals surface area contributed by atoms with Gasteiger partial charge in [-0.2, -0.15) is 16.8 Å². The van der Waals surface area contributed by atoms with Crippen LogP contribution in [0.3, 0.4) is 0 Å². The minimum atomic E-state index is -1.27. The maximum atomic E-state index is 12.4. The van der Waals surface area contributed by atoms with E-state index in [1.807, 2.05) is 118 Å². The van der Waals surface area contributed by atoms with Crippen LogP contribution in [0.15, 0.2) is 227 Å². The van der Waals surface area contributed by atoms with Gasteiger partial charge in [0, 0.05) is 63.4 Å². The Labute approximate surface area is 637 Å². The van der Waals surface area contributed by atoms with Gasteiger partial charge in [-0.1, -0.05) is 127 Å². The molecule has 0 saturated heterocycles. The van der Waals surface area contributed by atoms with Crippen molar-refractivity contribution >= 4 is 118 Å². The predicted octanol–water partition coefficient (Wildman–Crippen LogP) is 7.57. The molecule has 15 aromatic rings. The molecule has 8 aromatic carbocycles. The number of anilines is 1. The van der Waals surface area contributed by atoms with E-state index in [1.54, 1.807) is 61.8 Å². The van der Waals surface area contributed by atoms with Crippen LogP contribution in [0, 0.1) is 37.4 Å². The van der Waals surface area contributed by atoms with Crippen molar-refractivity contribution < 1.29 is 87.5 Å². The average molecular weight is 1490 g/mol. The number of carbonyl (C=O) groups excluding carboxylic acids is 4. The van der Waals surface area contributed by atoms with Crippen LogP contribution < -0.4 is 62.6 Å². The number of aromatic nitrogens is 10. The molecule has 7 heterocycles. The number of para-hydroxylation sites is 6. The van der Waals surface area contributed by atoms with E-state index in [9.17, 15) is 58.2 Å². The van der Waals surface area contributed by atoms with Crippen molar-refractivity contribution in [1.82, 2.24) is 54.5 Å². The average Bonchev–Trinajstić information content (AvgIpc) is 1.60. The van der Waals surface area contributed by atoms with Gasteiger partial charge in [0.25, 0.3) is 28.3 Å². The van der Waals surface area contributed by atoms with Crippen LogP contribution in [0.25, 0.3) is 76.7 Å². The Morgan fingerprint density at radius 1 is 0.578 bits per heavy atom. The van der Waals surface area contributed by atoms with Gasteiger partial charge in [0.2, 0.25) is 5.82 Å². The number of fused-ring (bicyclic) bond motifs is 10. The normalized spacial score (nSPS) is 10.6. The number of methoxy groups -OCH3 is 1. The summed E-state index contributed by atoms with van der Waals surface area (Å²) in [6.45, 7) is 4.88. The first kappa shape index (κ1) is 80.8. The second-order valence-electron chi connectivity index (χ2n) is 22.5. The third kappa shape index (κ3) is 18.8. The molecule has 0 aliphatic carbocycles. The van der Waals surface area contributed by atoms with Crippen molar-refractivity contribution in [3.05, 3.63) is 304 Å². The quantitative estimate of drug-likeness (QED) is 0.0138. The van der Waals surface area contributed by atoms with Crippen LogP contribution in [-0.4, -0.2) is 115 Å². The summed E-state index contributed by atoms with van der Waals surface area (Å²) in [5.74, 6) is -3.79. The zero-order valence-electron chi connectivity index (χ0n) is 58.7. The summed E-state index contributed by atoms with van der Waals surface area (Å²) in [5, 5.41) is 51.8. The van der Waals surface area contributed by atoms with Crippen molar-refractivity contribution in [1.29, 1.82) is 5.26 Å². The van der Waals surface area contributed by atoms with E-state index < -0.39 is 39.1 Å². The molecule has 0 aliphatic rings. The second-order valence-corrected chi connectivity index (χ2v) is 22.5. The Morgan fingerprint density at radius 2 is 1.02 bits per heavy atom. The van der Waals surface area contributed by atoms with Crippen LogP contribution in [0.4, 0.5) is 21.6 Å². The van der Waals surface area contributed by atoms with E-state index in [1.165, 1.54) is 62.5 Å². The number of nitrogens with two attached hydrogens (primary N) is 1. The Bertz CT molecular complexity index is 5820. The third-order valence-electron chi connectivity index (χ3n) is 16.1.